The number of aromatic amines is 1. The van der Waals surface area contributed by atoms with Crippen LogP contribution in [0.3, 0.4) is 0 Å². The molecule has 1 aromatic carbocycles. The number of H-pyrrole nitrogens is 1. The second-order valence-corrected chi connectivity index (χ2v) is 5.85. The predicted molar refractivity (Wildman–Crippen MR) is 88.3 cm³/mol. The van der Waals surface area contributed by atoms with Crippen LogP contribution in [-0.2, 0) is 4.74 Å². The van der Waals surface area contributed by atoms with Crippen LogP contribution in [0, 0.1) is 6.92 Å². The first kappa shape index (κ1) is 14.2. The fourth-order valence-electron chi connectivity index (χ4n) is 2.87. The van der Waals surface area contributed by atoms with E-state index < -0.39 is 0 Å². The monoisotopic (exact) mass is 309 g/mol. The van der Waals surface area contributed by atoms with Crippen LogP contribution in [0.25, 0.3) is 22.3 Å². The Morgan fingerprint density at radius 2 is 2.09 bits per heavy atom. The topological polar surface area (TPSA) is 60.0 Å². The van der Waals surface area contributed by atoms with Crippen molar-refractivity contribution in [2.24, 2.45) is 0 Å². The molecule has 23 heavy (non-hydrogen) atoms. The maximum Gasteiger partial charge on any atom is 0.199 e. The van der Waals surface area contributed by atoms with Crippen molar-refractivity contribution in [1.29, 1.82) is 0 Å². The number of nitrogens with one attached hydrogen (secondary N) is 1. The molecule has 5 nitrogen and oxygen atoms in total. The van der Waals surface area contributed by atoms with Gasteiger partial charge in [-0.1, -0.05) is 12.1 Å². The Labute approximate surface area is 134 Å². The van der Waals surface area contributed by atoms with E-state index in [0.29, 0.717) is 0 Å². The third-order valence-corrected chi connectivity index (χ3v) is 4.07. The van der Waals surface area contributed by atoms with Gasteiger partial charge in [-0.3, -0.25) is 0 Å². The highest BCUT2D eigenvalue weighted by molar-refractivity contribution is 5.90. The Balaban J connectivity index is 1.58. The highest BCUT2D eigenvalue weighted by Crippen LogP contribution is 2.28. The molecule has 1 N–H and O–H groups in total. The van der Waals surface area contributed by atoms with Gasteiger partial charge in [0.25, 0.3) is 0 Å². The third kappa shape index (κ3) is 2.92. The number of ether oxygens (including phenoxy) is 2. The van der Waals surface area contributed by atoms with Gasteiger partial charge in [-0.25, -0.2) is 9.97 Å². The van der Waals surface area contributed by atoms with E-state index in [1.54, 1.807) is 6.20 Å². The molecule has 1 atom stereocenters. The van der Waals surface area contributed by atoms with E-state index >= 15 is 0 Å². The first-order chi connectivity index (χ1) is 11.3. The van der Waals surface area contributed by atoms with Crippen LogP contribution < -0.4 is 4.74 Å². The van der Waals surface area contributed by atoms with E-state index in [2.05, 4.69) is 15.0 Å². The smallest absolute Gasteiger partial charge is 0.199 e. The summed E-state index contributed by atoms with van der Waals surface area (Å²) in [6, 6.07) is 8.06. The standard InChI is InChI=1S/C18H19N3O2/c1-12-10-19-18-17(21-12)15(11-20-18)13-5-7-14(8-6-13)23-16-4-2-3-9-22-16/h5-8,10-11,16H,2-4,9H2,1H3,(H,19,20). The summed E-state index contributed by atoms with van der Waals surface area (Å²) in [5, 5.41) is 0. The van der Waals surface area contributed by atoms with E-state index in [-0.39, 0.29) is 6.29 Å². The number of aryl methyl sites for hydroxylation is 1. The summed E-state index contributed by atoms with van der Waals surface area (Å²) in [4.78, 5) is 12.1. The van der Waals surface area contributed by atoms with Gasteiger partial charge in [0.1, 0.15) is 11.3 Å². The molecule has 1 aliphatic heterocycles. The molecule has 1 saturated heterocycles. The molecule has 1 aliphatic rings. The third-order valence-electron chi connectivity index (χ3n) is 4.07. The maximum absolute atomic E-state index is 5.88. The summed E-state index contributed by atoms with van der Waals surface area (Å²) in [6.07, 6.45) is 6.85. The lowest BCUT2D eigenvalue weighted by Gasteiger charge is -2.23. The van der Waals surface area contributed by atoms with Gasteiger partial charge in [0.15, 0.2) is 11.9 Å². The molecule has 5 heteroatoms. The van der Waals surface area contributed by atoms with Gasteiger partial charge in [0.05, 0.1) is 18.5 Å². The van der Waals surface area contributed by atoms with E-state index in [1.807, 2.05) is 37.4 Å². The van der Waals surface area contributed by atoms with Crippen molar-refractivity contribution in [2.75, 3.05) is 6.61 Å². The summed E-state index contributed by atoms with van der Waals surface area (Å²) in [7, 11) is 0. The Morgan fingerprint density at radius 3 is 2.87 bits per heavy atom. The van der Waals surface area contributed by atoms with Crippen LogP contribution in [0.2, 0.25) is 0 Å². The minimum atomic E-state index is -0.115. The molecule has 0 spiro atoms. The lowest BCUT2D eigenvalue weighted by molar-refractivity contribution is -0.105. The second kappa shape index (κ2) is 6.01. The summed E-state index contributed by atoms with van der Waals surface area (Å²) in [5.74, 6) is 0.836. The summed E-state index contributed by atoms with van der Waals surface area (Å²) < 4.78 is 11.5. The molecule has 1 unspecified atom stereocenters. The zero-order chi connectivity index (χ0) is 15.6. The normalized spacial score (nSPS) is 18.2. The van der Waals surface area contributed by atoms with Gasteiger partial charge in [-0.15, -0.1) is 0 Å². The Morgan fingerprint density at radius 1 is 1.22 bits per heavy atom. The fraction of sp³-hybridized carbons (Fsp3) is 0.333. The Kier molecular flexibility index (Phi) is 3.71. The highest BCUT2D eigenvalue weighted by atomic mass is 16.7. The lowest BCUT2D eigenvalue weighted by Crippen LogP contribution is -2.24. The van der Waals surface area contributed by atoms with Crippen molar-refractivity contribution < 1.29 is 9.47 Å². The molecule has 1 fully saturated rings. The Bertz CT molecular complexity index is 805. The molecule has 3 aromatic rings. The van der Waals surface area contributed by atoms with E-state index in [0.717, 1.165) is 59.6 Å². The van der Waals surface area contributed by atoms with Gasteiger partial charge in [0.2, 0.25) is 0 Å². The SMILES string of the molecule is Cc1cnc2[nH]cc(-c3ccc(OC4CCCCO4)cc3)c2n1. The molecular formula is C18H19N3O2. The van der Waals surface area contributed by atoms with Crippen LogP contribution in [0.5, 0.6) is 5.75 Å². The summed E-state index contributed by atoms with van der Waals surface area (Å²) in [6.45, 7) is 2.74. The maximum atomic E-state index is 5.88. The van der Waals surface area contributed by atoms with Gasteiger partial charge >= 0.3 is 0 Å². The zero-order valence-corrected chi connectivity index (χ0v) is 13.1. The van der Waals surface area contributed by atoms with Crippen LogP contribution in [0.4, 0.5) is 0 Å². The van der Waals surface area contributed by atoms with Crippen LogP contribution in [0.1, 0.15) is 25.0 Å². The van der Waals surface area contributed by atoms with E-state index in [1.165, 1.54) is 0 Å². The quantitative estimate of drug-likeness (QED) is 0.798. The van der Waals surface area contributed by atoms with E-state index in [9.17, 15) is 0 Å². The van der Waals surface area contributed by atoms with Gasteiger partial charge < -0.3 is 14.5 Å². The molecule has 118 valence electrons. The first-order valence-electron chi connectivity index (χ1n) is 7.99. The predicted octanol–water partition coefficient (Wildman–Crippen LogP) is 3.84. The average molecular weight is 309 g/mol. The van der Waals surface area contributed by atoms with Crippen LogP contribution >= 0.6 is 0 Å². The molecule has 0 amide bonds. The van der Waals surface area contributed by atoms with Crippen molar-refractivity contribution in [2.45, 2.75) is 32.5 Å². The molecule has 0 saturated carbocycles. The number of nitrogens with zero attached hydrogens (tertiary/aromatic N) is 2. The molecular weight excluding hydrogens is 290 g/mol. The van der Waals surface area contributed by atoms with Gasteiger partial charge in [-0.2, -0.15) is 0 Å². The lowest BCUT2D eigenvalue weighted by atomic mass is 10.1. The van der Waals surface area contributed by atoms with Gasteiger partial charge in [0, 0.05) is 18.2 Å². The van der Waals surface area contributed by atoms with Crippen LogP contribution in [-0.4, -0.2) is 27.8 Å². The Hall–Kier alpha value is -2.40. The molecule has 4 rings (SSSR count). The minimum absolute atomic E-state index is 0.115. The molecule has 3 heterocycles. The number of rotatable bonds is 3. The molecule has 0 aliphatic carbocycles. The van der Waals surface area contributed by atoms with Crippen molar-refractivity contribution >= 4 is 11.2 Å². The minimum Gasteiger partial charge on any atom is -0.465 e. The molecule has 0 radical (unpaired) electrons. The molecule has 2 aromatic heterocycles. The zero-order valence-electron chi connectivity index (χ0n) is 13.1. The number of hydrogen-bond acceptors (Lipinski definition) is 4. The second-order valence-electron chi connectivity index (χ2n) is 5.85. The van der Waals surface area contributed by atoms with Crippen LogP contribution in [0.15, 0.2) is 36.7 Å². The highest BCUT2D eigenvalue weighted by Gasteiger charge is 2.15. The summed E-state index contributed by atoms with van der Waals surface area (Å²) in [5.41, 5.74) is 4.76. The van der Waals surface area contributed by atoms with Crippen molar-refractivity contribution in [3.63, 3.8) is 0 Å². The first-order valence-corrected chi connectivity index (χ1v) is 7.99. The van der Waals surface area contributed by atoms with Gasteiger partial charge in [-0.05, 0) is 37.5 Å². The largest absolute Gasteiger partial charge is 0.465 e. The fourth-order valence-corrected chi connectivity index (χ4v) is 2.87. The van der Waals surface area contributed by atoms with Crippen molar-refractivity contribution in [3.05, 3.63) is 42.4 Å². The van der Waals surface area contributed by atoms with Crippen molar-refractivity contribution in [1.82, 2.24) is 15.0 Å². The summed E-state index contributed by atoms with van der Waals surface area (Å²) >= 11 is 0. The average Bonchev–Trinajstić information content (AvgIpc) is 2.99. The number of fused-ring (bicyclic) bond motifs is 1. The van der Waals surface area contributed by atoms with Crippen molar-refractivity contribution in [3.8, 4) is 16.9 Å². The number of aromatic nitrogens is 3. The number of hydrogen-bond donors (Lipinski definition) is 1. The number of benzene rings is 1. The van der Waals surface area contributed by atoms with E-state index in [4.69, 9.17) is 9.47 Å². The molecule has 0 bridgehead atoms.